The number of ether oxygens (including phenoxy) is 3. The minimum atomic E-state index is -0.186. The highest BCUT2D eigenvalue weighted by atomic mass is 16.7. The highest BCUT2D eigenvalue weighted by Crippen LogP contribution is 2.16. The summed E-state index contributed by atoms with van der Waals surface area (Å²) in [4.78, 5) is 22.6. The fourth-order valence-corrected chi connectivity index (χ4v) is 2.66. The van der Waals surface area contributed by atoms with E-state index in [0.717, 1.165) is 43.4 Å². The molecule has 24 heavy (non-hydrogen) atoms. The van der Waals surface area contributed by atoms with Crippen LogP contribution >= 0.6 is 0 Å². The lowest BCUT2D eigenvalue weighted by atomic mass is 10.2. The molecule has 7 nitrogen and oxygen atoms in total. The third-order valence-electron chi connectivity index (χ3n) is 3.97. The molecule has 1 atom stereocenters. The van der Waals surface area contributed by atoms with Gasteiger partial charge < -0.3 is 19.2 Å². The predicted molar refractivity (Wildman–Crippen MR) is 89.2 cm³/mol. The van der Waals surface area contributed by atoms with Crippen LogP contribution in [0.3, 0.4) is 0 Å². The first-order valence-electron chi connectivity index (χ1n) is 8.46. The highest BCUT2D eigenvalue weighted by Gasteiger charge is 2.13. The number of H-pyrrole nitrogens is 1. The van der Waals surface area contributed by atoms with Crippen LogP contribution in [-0.2, 0) is 9.47 Å². The molecule has 2 aromatic heterocycles. The van der Waals surface area contributed by atoms with Gasteiger partial charge >= 0.3 is 6.01 Å². The lowest BCUT2D eigenvalue weighted by Gasteiger charge is -2.22. The Morgan fingerprint density at radius 2 is 2.12 bits per heavy atom. The number of nitrogens with zero attached hydrogens (tertiary/aromatic N) is 2. The summed E-state index contributed by atoms with van der Waals surface area (Å²) in [5, 5.41) is 0.822. The second-order valence-electron chi connectivity index (χ2n) is 5.90. The molecule has 0 aromatic carbocycles. The summed E-state index contributed by atoms with van der Waals surface area (Å²) in [6.45, 7) is 3.84. The van der Waals surface area contributed by atoms with E-state index >= 15 is 0 Å². The molecule has 0 spiro atoms. The topological polar surface area (TPSA) is 86.3 Å². The maximum atomic E-state index is 11.4. The van der Waals surface area contributed by atoms with E-state index in [2.05, 4.69) is 15.0 Å². The Kier molecular flexibility index (Phi) is 5.77. The molecule has 7 heteroatoms. The van der Waals surface area contributed by atoms with E-state index in [9.17, 15) is 4.79 Å². The van der Waals surface area contributed by atoms with Crippen molar-refractivity contribution in [2.45, 2.75) is 45.3 Å². The second-order valence-corrected chi connectivity index (χ2v) is 5.90. The number of hydrogen-bond donors (Lipinski definition) is 1. The molecule has 0 bridgehead atoms. The van der Waals surface area contributed by atoms with Gasteiger partial charge in [0.1, 0.15) is 5.65 Å². The van der Waals surface area contributed by atoms with Gasteiger partial charge in [0.25, 0.3) is 0 Å². The molecule has 0 aliphatic carbocycles. The van der Waals surface area contributed by atoms with Gasteiger partial charge in [0.15, 0.2) is 6.29 Å². The Balaban J connectivity index is 1.43. The summed E-state index contributed by atoms with van der Waals surface area (Å²) in [7, 11) is 0. The maximum absolute atomic E-state index is 11.4. The first kappa shape index (κ1) is 16.9. The largest absolute Gasteiger partial charge is 0.463 e. The number of hydrogen-bond acceptors (Lipinski definition) is 6. The Morgan fingerprint density at radius 3 is 2.96 bits per heavy atom. The lowest BCUT2D eigenvalue weighted by molar-refractivity contribution is -0.162. The Morgan fingerprint density at radius 1 is 1.25 bits per heavy atom. The van der Waals surface area contributed by atoms with Gasteiger partial charge in [-0.2, -0.15) is 9.97 Å². The van der Waals surface area contributed by atoms with Gasteiger partial charge in [0.05, 0.1) is 12.3 Å². The van der Waals surface area contributed by atoms with Crippen molar-refractivity contribution in [2.24, 2.45) is 0 Å². The molecule has 1 fully saturated rings. The molecule has 1 saturated heterocycles. The van der Waals surface area contributed by atoms with Crippen molar-refractivity contribution in [1.29, 1.82) is 0 Å². The van der Waals surface area contributed by atoms with Gasteiger partial charge in [-0.25, -0.2) is 0 Å². The molecular weight excluding hydrogens is 310 g/mol. The summed E-state index contributed by atoms with van der Waals surface area (Å²) in [6, 6.07) is 3.48. The van der Waals surface area contributed by atoms with Gasteiger partial charge in [0.2, 0.25) is 5.56 Å². The van der Waals surface area contributed by atoms with E-state index in [1.54, 1.807) is 6.07 Å². The van der Waals surface area contributed by atoms with Crippen LogP contribution in [0.1, 0.15) is 37.8 Å². The third-order valence-corrected chi connectivity index (χ3v) is 3.97. The number of fused-ring (bicyclic) bond motifs is 1. The smallest absolute Gasteiger partial charge is 0.318 e. The molecule has 1 N–H and O–H groups in total. The maximum Gasteiger partial charge on any atom is 0.318 e. The van der Waals surface area contributed by atoms with Crippen molar-refractivity contribution in [3.8, 4) is 6.01 Å². The van der Waals surface area contributed by atoms with Gasteiger partial charge in [-0.05, 0) is 45.1 Å². The van der Waals surface area contributed by atoms with Gasteiger partial charge in [-0.1, -0.05) is 0 Å². The average Bonchev–Trinajstić information content (AvgIpc) is 2.58. The zero-order valence-corrected chi connectivity index (χ0v) is 13.9. The summed E-state index contributed by atoms with van der Waals surface area (Å²) in [6.07, 6.45) is 4.99. The van der Waals surface area contributed by atoms with Crippen LogP contribution in [0.5, 0.6) is 6.01 Å². The normalized spacial score (nSPS) is 18.0. The predicted octanol–water partition coefficient (Wildman–Crippen LogP) is 2.33. The van der Waals surface area contributed by atoms with E-state index in [1.165, 1.54) is 12.5 Å². The zero-order valence-electron chi connectivity index (χ0n) is 13.9. The fraction of sp³-hybridized carbons (Fsp3) is 0.588. The Labute approximate surface area is 140 Å². The van der Waals surface area contributed by atoms with E-state index in [-0.39, 0.29) is 11.8 Å². The van der Waals surface area contributed by atoms with Crippen molar-refractivity contribution in [1.82, 2.24) is 15.0 Å². The summed E-state index contributed by atoms with van der Waals surface area (Å²) in [5.41, 5.74) is 1.10. The van der Waals surface area contributed by atoms with Crippen molar-refractivity contribution in [3.05, 3.63) is 28.2 Å². The summed E-state index contributed by atoms with van der Waals surface area (Å²) < 4.78 is 16.8. The number of aryl methyl sites for hydroxylation is 1. The molecule has 1 aliphatic rings. The zero-order chi connectivity index (χ0) is 16.8. The Hall–Kier alpha value is -1.99. The monoisotopic (exact) mass is 333 g/mol. The summed E-state index contributed by atoms with van der Waals surface area (Å²) in [5.74, 6) is 0. The van der Waals surface area contributed by atoms with Crippen LogP contribution in [0.15, 0.2) is 16.9 Å². The van der Waals surface area contributed by atoms with Gasteiger partial charge in [0, 0.05) is 24.7 Å². The summed E-state index contributed by atoms with van der Waals surface area (Å²) >= 11 is 0. The van der Waals surface area contributed by atoms with Crippen LogP contribution in [0.25, 0.3) is 11.0 Å². The number of unbranched alkanes of at least 4 members (excludes halogenated alkanes) is 1. The van der Waals surface area contributed by atoms with Crippen LogP contribution in [0.4, 0.5) is 0 Å². The van der Waals surface area contributed by atoms with Crippen LogP contribution < -0.4 is 10.3 Å². The molecule has 3 heterocycles. The standard InChI is InChI=1S/C17H23N3O4/c1-12-13-7-8-14(21)19-16(13)20-17(18-12)24-11-5-4-10-23-15-6-2-3-9-22-15/h7-8,15H,2-6,9-11H2,1H3,(H,18,19,20,21). The van der Waals surface area contributed by atoms with Crippen LogP contribution in [0.2, 0.25) is 0 Å². The van der Waals surface area contributed by atoms with Crippen molar-refractivity contribution in [3.63, 3.8) is 0 Å². The minimum absolute atomic E-state index is 0.0389. The first-order valence-corrected chi connectivity index (χ1v) is 8.46. The van der Waals surface area contributed by atoms with Gasteiger partial charge in [-0.3, -0.25) is 4.79 Å². The van der Waals surface area contributed by atoms with Gasteiger partial charge in [-0.15, -0.1) is 0 Å². The minimum Gasteiger partial charge on any atom is -0.463 e. The van der Waals surface area contributed by atoms with Crippen molar-refractivity contribution in [2.75, 3.05) is 19.8 Å². The molecular formula is C17H23N3O4. The molecule has 0 saturated carbocycles. The number of nitrogens with one attached hydrogen (secondary N) is 1. The number of pyridine rings is 1. The number of aromatic nitrogens is 3. The molecule has 2 aromatic rings. The number of rotatable bonds is 7. The lowest BCUT2D eigenvalue weighted by Crippen LogP contribution is -2.22. The highest BCUT2D eigenvalue weighted by molar-refractivity contribution is 5.76. The molecule has 3 rings (SSSR count). The SMILES string of the molecule is Cc1nc(OCCCCOC2CCCCO2)nc2[nH]c(=O)ccc12. The van der Waals surface area contributed by atoms with E-state index in [1.807, 2.05) is 6.92 Å². The molecule has 0 radical (unpaired) electrons. The average molecular weight is 333 g/mol. The van der Waals surface area contributed by atoms with Crippen LogP contribution in [-0.4, -0.2) is 41.1 Å². The second kappa shape index (κ2) is 8.21. The van der Waals surface area contributed by atoms with E-state index in [4.69, 9.17) is 14.2 Å². The molecule has 1 aliphatic heterocycles. The molecule has 0 amide bonds. The Bertz CT molecular complexity index is 725. The third kappa shape index (κ3) is 4.52. The first-order chi connectivity index (χ1) is 11.7. The van der Waals surface area contributed by atoms with Crippen molar-refractivity contribution >= 4 is 11.0 Å². The quantitative estimate of drug-likeness (QED) is 0.783. The molecule has 130 valence electrons. The number of aromatic amines is 1. The fourth-order valence-electron chi connectivity index (χ4n) is 2.66. The van der Waals surface area contributed by atoms with Crippen LogP contribution in [0, 0.1) is 6.92 Å². The van der Waals surface area contributed by atoms with E-state index in [0.29, 0.717) is 24.9 Å². The van der Waals surface area contributed by atoms with E-state index < -0.39 is 0 Å². The van der Waals surface area contributed by atoms with Crippen molar-refractivity contribution < 1.29 is 14.2 Å². The molecule has 1 unspecified atom stereocenters.